The van der Waals surface area contributed by atoms with Gasteiger partial charge in [-0.25, -0.2) is 14.4 Å². The molecule has 5 N–H and O–H groups in total. The molecule has 0 saturated carbocycles. The number of Topliss-reactive ketones (excluding diaryl/α,β-unsaturated/α-hetero) is 1. The molecule has 1 aromatic heterocycles. The Morgan fingerprint density at radius 2 is 1.91 bits per heavy atom. The van der Waals surface area contributed by atoms with Gasteiger partial charge in [0.2, 0.25) is 5.12 Å². The molecule has 1 saturated heterocycles. The van der Waals surface area contributed by atoms with Crippen LogP contribution in [0.1, 0.15) is 46.4 Å². The highest BCUT2D eigenvalue weighted by Gasteiger charge is 2.54. The van der Waals surface area contributed by atoms with Gasteiger partial charge < -0.3 is 20.3 Å². The number of aliphatic hydroxyl groups excluding tert-OH is 1. The van der Waals surface area contributed by atoms with Gasteiger partial charge >= 0.3 is 13.4 Å². The van der Waals surface area contributed by atoms with Crippen LogP contribution in [0.25, 0.3) is 0 Å². The lowest BCUT2D eigenvalue weighted by atomic mass is 10.0. The topological polar surface area (TPSA) is 201 Å². The van der Waals surface area contributed by atoms with Gasteiger partial charge in [-0.3, -0.25) is 33.0 Å². The number of aliphatic hydroxyl groups is 1. The van der Waals surface area contributed by atoms with Gasteiger partial charge in [0, 0.05) is 24.6 Å². The van der Waals surface area contributed by atoms with E-state index < -0.39 is 60.6 Å². The molecule has 2 heterocycles. The number of H-pyrrole nitrogens is 1. The van der Waals surface area contributed by atoms with Crippen molar-refractivity contribution in [3.05, 3.63) is 69.0 Å². The number of aromatic nitrogens is 2. The highest BCUT2D eigenvalue weighted by molar-refractivity contribution is 8.13. The first-order valence-electron chi connectivity index (χ1n) is 14.6. The van der Waals surface area contributed by atoms with Gasteiger partial charge in [-0.05, 0) is 32.3 Å². The highest BCUT2D eigenvalue weighted by Crippen LogP contribution is 2.47. The van der Waals surface area contributed by atoms with Gasteiger partial charge in [0.05, 0.1) is 19.3 Å². The molecule has 3 rings (SSSR count). The first-order valence-corrected chi connectivity index (χ1v) is 17.5. The number of nitrogens with two attached hydrogens (primary N) is 1. The fourth-order valence-corrected chi connectivity index (χ4v) is 6.78. The summed E-state index contributed by atoms with van der Waals surface area (Å²) in [5.74, 6) is -0.306. The molecule has 0 radical (unpaired) electrons. The molecule has 0 aliphatic carbocycles. The van der Waals surface area contributed by atoms with Crippen LogP contribution in [0.3, 0.4) is 0 Å². The maximum Gasteiger partial charge on any atom is 0.405 e. The molecule has 0 spiro atoms. The predicted octanol–water partition coefficient (Wildman–Crippen LogP) is 2.33. The monoisotopic (exact) mass is 704 g/mol. The van der Waals surface area contributed by atoms with E-state index in [0.29, 0.717) is 0 Å². The summed E-state index contributed by atoms with van der Waals surface area (Å²) in [5.41, 5.74) is 3.95. The summed E-state index contributed by atoms with van der Waals surface area (Å²) in [6.45, 7) is 7.34. The minimum Gasteiger partial charge on any atom is -0.388 e. The van der Waals surface area contributed by atoms with Crippen molar-refractivity contribution >= 4 is 42.0 Å². The fourth-order valence-electron chi connectivity index (χ4n) is 4.29. The van der Waals surface area contributed by atoms with Gasteiger partial charge in [-0.15, -0.1) is 11.6 Å². The van der Waals surface area contributed by atoms with Crippen LogP contribution in [0.4, 0.5) is 0 Å². The number of hydrogen-bond acceptors (Lipinski definition) is 12. The molecule has 1 aliphatic rings. The first kappa shape index (κ1) is 38.3. The van der Waals surface area contributed by atoms with Crippen molar-refractivity contribution in [2.45, 2.75) is 76.1 Å². The van der Waals surface area contributed by atoms with E-state index in [9.17, 15) is 28.8 Å². The van der Waals surface area contributed by atoms with Gasteiger partial charge in [-0.1, -0.05) is 55.9 Å². The van der Waals surface area contributed by atoms with E-state index in [1.54, 1.807) is 13.8 Å². The van der Waals surface area contributed by atoms with E-state index in [4.69, 9.17) is 35.9 Å². The average molecular weight is 705 g/mol. The first-order chi connectivity index (χ1) is 21.5. The molecule has 1 fully saturated rings. The maximum atomic E-state index is 13.8. The van der Waals surface area contributed by atoms with Gasteiger partial charge in [0.15, 0.2) is 12.0 Å². The Bertz CT molecular complexity index is 1500. The minimum atomic E-state index is -4.07. The molecular formula is C29H42ClN4O10PS. The van der Waals surface area contributed by atoms with E-state index in [1.807, 2.05) is 44.2 Å². The third-order valence-corrected chi connectivity index (χ3v) is 10.4. The summed E-state index contributed by atoms with van der Waals surface area (Å²) in [6, 6.07) is 9.48. The number of nitrogens with one attached hydrogen (secondary N) is 2. The molecule has 17 heteroatoms. The van der Waals surface area contributed by atoms with Crippen LogP contribution in [0.5, 0.6) is 0 Å². The van der Waals surface area contributed by atoms with E-state index in [1.165, 1.54) is 13.1 Å². The maximum absolute atomic E-state index is 13.8. The minimum absolute atomic E-state index is 0.0699. The average Bonchev–Trinajstić information content (AvgIpc) is 3.23. The van der Waals surface area contributed by atoms with E-state index in [2.05, 4.69) is 10.1 Å². The van der Waals surface area contributed by atoms with Crippen LogP contribution < -0.4 is 22.1 Å². The van der Waals surface area contributed by atoms with Gasteiger partial charge in [-0.2, -0.15) is 0 Å². The Morgan fingerprint density at radius 1 is 1.24 bits per heavy atom. The second-order valence-electron chi connectivity index (χ2n) is 11.8. The number of rotatable bonds is 17. The zero-order valence-electron chi connectivity index (χ0n) is 26.3. The van der Waals surface area contributed by atoms with Gasteiger partial charge in [0.25, 0.3) is 5.56 Å². The summed E-state index contributed by atoms with van der Waals surface area (Å²) in [6.07, 6.45) is -2.51. The Balaban J connectivity index is 1.63. The molecule has 1 aromatic carbocycles. The Labute approximate surface area is 276 Å². The normalized spacial score (nSPS) is 23.7. The molecule has 2 aromatic rings. The standard InChI is InChI=1S/C29H42ClN4O10PS/c1-18(2)23(31)20(35)16-41-28(3,4)26(38)46-14-13-42-45(40,32-15-19-9-7-6-8-10-19)43-17-21-24(37)29(5,30)25(44-21)34-12-11-22(36)33-27(34)39/h6-12,18,21,23-25,37H,13-17,31H2,1-5H3,(H,32,40)(H,33,36,39)/t21-,23+,24-,25-,29-,45-/m1/s1. The number of ether oxygens (including phenoxy) is 2. The number of aromatic amines is 1. The van der Waals surface area contributed by atoms with Crippen LogP contribution in [-0.2, 0) is 39.2 Å². The van der Waals surface area contributed by atoms with Crippen molar-refractivity contribution in [1.29, 1.82) is 0 Å². The van der Waals surface area contributed by atoms with Crippen molar-refractivity contribution in [3.8, 4) is 0 Å². The van der Waals surface area contributed by atoms with E-state index >= 15 is 0 Å². The van der Waals surface area contributed by atoms with Crippen molar-refractivity contribution in [1.82, 2.24) is 14.6 Å². The Morgan fingerprint density at radius 3 is 2.54 bits per heavy atom. The van der Waals surface area contributed by atoms with Crippen LogP contribution in [0.15, 0.2) is 52.2 Å². The summed E-state index contributed by atoms with van der Waals surface area (Å²) in [4.78, 5) is 49.5. The third-order valence-electron chi connectivity index (χ3n) is 7.28. The second kappa shape index (κ2) is 16.3. The second-order valence-corrected chi connectivity index (χ2v) is 15.5. The largest absolute Gasteiger partial charge is 0.405 e. The number of ketones is 1. The lowest BCUT2D eigenvalue weighted by Gasteiger charge is -2.26. The summed E-state index contributed by atoms with van der Waals surface area (Å²) in [5, 5.41) is 13.3. The molecule has 0 amide bonds. The Hall–Kier alpha value is -2.17. The quantitative estimate of drug-likeness (QED) is 0.106. The SMILES string of the molecule is CC(C)[C@H](N)C(=O)COC(C)(C)C(=O)SCCO[P@](=O)(NCc1ccccc1)OC[C@H]1O[C@@H](n2ccc(=O)[nH]c2=O)[C@](C)(Cl)[C@@H]1O. The molecule has 46 heavy (non-hydrogen) atoms. The van der Waals surface area contributed by atoms with Crippen molar-refractivity contribution in [2.75, 3.05) is 25.6 Å². The van der Waals surface area contributed by atoms with Crippen LogP contribution in [0, 0.1) is 5.92 Å². The zero-order valence-corrected chi connectivity index (χ0v) is 28.8. The number of carbonyl (C=O) groups is 2. The molecule has 256 valence electrons. The molecule has 0 bridgehead atoms. The highest BCUT2D eigenvalue weighted by atomic mass is 35.5. The van der Waals surface area contributed by atoms with Crippen LogP contribution >= 0.6 is 31.1 Å². The lowest BCUT2D eigenvalue weighted by molar-refractivity contribution is -0.139. The number of benzene rings is 1. The molecule has 14 nitrogen and oxygen atoms in total. The smallest absolute Gasteiger partial charge is 0.388 e. The van der Waals surface area contributed by atoms with Gasteiger partial charge in [0.1, 0.15) is 29.3 Å². The number of thioether (sulfide) groups is 1. The van der Waals surface area contributed by atoms with Crippen molar-refractivity contribution in [3.63, 3.8) is 0 Å². The number of hydrogen-bond donors (Lipinski definition) is 4. The molecule has 0 unspecified atom stereocenters. The third kappa shape index (κ3) is 10.2. The van der Waals surface area contributed by atoms with E-state index in [0.717, 1.165) is 28.0 Å². The summed E-state index contributed by atoms with van der Waals surface area (Å²) >= 11 is 7.46. The van der Waals surface area contributed by atoms with Crippen LogP contribution in [0.2, 0.25) is 0 Å². The molecular weight excluding hydrogens is 663 g/mol. The number of carbonyl (C=O) groups excluding carboxylic acids is 2. The predicted molar refractivity (Wildman–Crippen MR) is 174 cm³/mol. The van der Waals surface area contributed by atoms with Crippen LogP contribution in [-0.4, -0.2) is 79.9 Å². The lowest BCUT2D eigenvalue weighted by Crippen LogP contribution is -2.43. The fraction of sp³-hybridized carbons (Fsp3) is 0.586. The zero-order chi connectivity index (χ0) is 34.3. The van der Waals surface area contributed by atoms with Crippen molar-refractivity contribution in [2.24, 2.45) is 11.7 Å². The molecule has 6 atom stereocenters. The summed E-state index contributed by atoms with van der Waals surface area (Å²) < 4.78 is 37.6. The Kier molecular flexibility index (Phi) is 13.6. The van der Waals surface area contributed by atoms with Crippen molar-refractivity contribution < 1.29 is 37.8 Å². The number of nitrogens with zero attached hydrogens (tertiary/aromatic N) is 1. The van der Waals surface area contributed by atoms with E-state index in [-0.39, 0.29) is 42.3 Å². The molecule has 1 aliphatic heterocycles. The number of alkyl halides is 1. The number of halogens is 1. The summed E-state index contributed by atoms with van der Waals surface area (Å²) in [7, 11) is -4.07.